The zero-order valence-electron chi connectivity index (χ0n) is 11.3. The molecule has 6 heteroatoms. The van der Waals surface area contributed by atoms with Crippen molar-refractivity contribution in [1.82, 2.24) is 0 Å². The van der Waals surface area contributed by atoms with E-state index < -0.39 is 10.0 Å². The fourth-order valence-electron chi connectivity index (χ4n) is 1.60. The van der Waals surface area contributed by atoms with Gasteiger partial charge in [0.05, 0.1) is 4.90 Å². The van der Waals surface area contributed by atoms with Crippen LogP contribution in [-0.2, 0) is 10.0 Å². The van der Waals surface area contributed by atoms with Gasteiger partial charge in [-0.15, -0.1) is 9.82 Å². The molecule has 2 rings (SSSR count). The number of nitrogens with zero attached hydrogens (tertiary/aromatic N) is 2. The molecule has 1 aromatic heterocycles. The van der Waals surface area contributed by atoms with Crippen LogP contribution in [0.5, 0.6) is 0 Å². The molecule has 0 spiro atoms. The van der Waals surface area contributed by atoms with Crippen molar-refractivity contribution in [1.29, 1.82) is 0 Å². The molecule has 0 aliphatic heterocycles. The van der Waals surface area contributed by atoms with Crippen LogP contribution in [-0.4, -0.2) is 14.8 Å². The van der Waals surface area contributed by atoms with Crippen LogP contribution in [0.3, 0.4) is 0 Å². The predicted molar refractivity (Wildman–Crippen MR) is 77.6 cm³/mol. The third-order valence-electron chi connectivity index (χ3n) is 2.67. The maximum Gasteiger partial charge on any atom is 0.283 e. The molecule has 0 amide bonds. The third kappa shape index (κ3) is 3.64. The Labute approximate surface area is 118 Å². The van der Waals surface area contributed by atoms with Crippen molar-refractivity contribution < 1.29 is 13.1 Å². The summed E-state index contributed by atoms with van der Waals surface area (Å²) in [6, 6.07) is 10.4. The normalized spacial score (nSPS) is 11.7. The molecule has 1 aromatic carbocycles. The highest BCUT2D eigenvalue weighted by Gasteiger charge is 2.11. The van der Waals surface area contributed by atoms with Crippen molar-refractivity contribution in [2.45, 2.75) is 18.7 Å². The molecule has 20 heavy (non-hydrogen) atoms. The summed E-state index contributed by atoms with van der Waals surface area (Å²) >= 11 is 0. The lowest BCUT2D eigenvalue weighted by Gasteiger charge is -1.99. The van der Waals surface area contributed by atoms with Crippen LogP contribution in [0.2, 0.25) is 0 Å². The second-order valence-corrected chi connectivity index (χ2v) is 6.07. The molecule has 1 heterocycles. The minimum atomic E-state index is -3.66. The summed E-state index contributed by atoms with van der Waals surface area (Å²) < 4.78 is 29.1. The molecule has 0 atom stereocenters. The van der Waals surface area contributed by atoms with Crippen LogP contribution in [0.1, 0.15) is 11.1 Å². The van der Waals surface area contributed by atoms with E-state index in [1.165, 1.54) is 0 Å². The van der Waals surface area contributed by atoms with E-state index in [2.05, 4.69) is 9.82 Å². The zero-order chi connectivity index (χ0) is 14.6. The minimum absolute atomic E-state index is 0.176. The summed E-state index contributed by atoms with van der Waals surface area (Å²) in [5.74, 6) is 0. The molecular formula is C14H16N3O2S+. The standard InChI is InChI=1S/C14H16N3O2S/c1-12-5-7-14(8-6-12)20(18,19)16-11-15-17-9-3-4-13(2)10-17/h3-11H,1-2H3,(H,15,16)/q+1. The van der Waals surface area contributed by atoms with E-state index in [1.54, 1.807) is 35.1 Å². The van der Waals surface area contributed by atoms with Crippen molar-refractivity contribution in [2.75, 3.05) is 5.43 Å². The van der Waals surface area contributed by atoms with E-state index in [4.69, 9.17) is 0 Å². The molecule has 0 fully saturated rings. The highest BCUT2D eigenvalue weighted by molar-refractivity contribution is 7.90. The van der Waals surface area contributed by atoms with Crippen LogP contribution in [0.25, 0.3) is 0 Å². The molecular weight excluding hydrogens is 274 g/mol. The molecule has 0 radical (unpaired) electrons. The SMILES string of the molecule is Cc1ccc(S(=O)(=O)/N=C/N[n+]2cccc(C)c2)cc1. The van der Waals surface area contributed by atoms with Gasteiger partial charge in [0, 0.05) is 11.6 Å². The number of rotatable bonds is 4. The quantitative estimate of drug-likeness (QED) is 0.528. The number of hydrogen-bond acceptors (Lipinski definition) is 2. The number of aryl methyl sites for hydroxylation is 2. The highest BCUT2D eigenvalue weighted by Crippen LogP contribution is 2.12. The van der Waals surface area contributed by atoms with Crippen LogP contribution in [0.4, 0.5) is 0 Å². The van der Waals surface area contributed by atoms with E-state index in [9.17, 15) is 8.42 Å². The largest absolute Gasteiger partial charge is 0.283 e. The Morgan fingerprint density at radius 2 is 1.80 bits per heavy atom. The molecule has 0 aliphatic rings. The van der Waals surface area contributed by atoms with Gasteiger partial charge in [-0.25, -0.2) is 0 Å². The molecule has 104 valence electrons. The van der Waals surface area contributed by atoms with Gasteiger partial charge in [-0.1, -0.05) is 22.4 Å². The molecule has 2 aromatic rings. The molecule has 0 bridgehead atoms. The first kappa shape index (κ1) is 14.2. The number of benzene rings is 1. The number of aromatic nitrogens is 1. The first-order valence-electron chi connectivity index (χ1n) is 6.07. The van der Waals surface area contributed by atoms with Gasteiger partial charge in [-0.3, -0.25) is 0 Å². The van der Waals surface area contributed by atoms with E-state index in [-0.39, 0.29) is 4.90 Å². The fourth-order valence-corrected chi connectivity index (χ4v) is 2.39. The smallest absolute Gasteiger partial charge is 0.199 e. The lowest BCUT2D eigenvalue weighted by Crippen LogP contribution is -2.43. The lowest BCUT2D eigenvalue weighted by atomic mass is 10.2. The molecule has 0 aliphatic carbocycles. The average molecular weight is 290 g/mol. The van der Waals surface area contributed by atoms with Gasteiger partial charge in [0.25, 0.3) is 10.0 Å². The first-order valence-corrected chi connectivity index (χ1v) is 7.51. The second-order valence-electron chi connectivity index (χ2n) is 4.44. The van der Waals surface area contributed by atoms with E-state index in [0.717, 1.165) is 17.5 Å². The maximum atomic E-state index is 12.0. The second kappa shape index (κ2) is 5.83. The van der Waals surface area contributed by atoms with E-state index in [0.29, 0.717) is 0 Å². The van der Waals surface area contributed by atoms with Crippen molar-refractivity contribution in [3.05, 3.63) is 59.9 Å². The van der Waals surface area contributed by atoms with E-state index in [1.807, 2.05) is 32.2 Å². The summed E-state index contributed by atoms with van der Waals surface area (Å²) in [6.45, 7) is 3.84. The molecule has 5 nitrogen and oxygen atoms in total. The Morgan fingerprint density at radius 1 is 1.10 bits per heavy atom. The fraction of sp³-hybridized carbons (Fsp3) is 0.143. The van der Waals surface area contributed by atoms with Crippen LogP contribution in [0, 0.1) is 13.8 Å². The van der Waals surface area contributed by atoms with E-state index >= 15 is 0 Å². The molecule has 0 unspecified atom stereocenters. The first-order chi connectivity index (χ1) is 9.47. The Kier molecular flexibility index (Phi) is 4.14. The van der Waals surface area contributed by atoms with Gasteiger partial charge in [0.1, 0.15) is 0 Å². The number of sulfonamides is 1. The number of hydrogen-bond donors (Lipinski definition) is 1. The Morgan fingerprint density at radius 3 is 2.45 bits per heavy atom. The van der Waals surface area contributed by atoms with Gasteiger partial charge in [-0.05, 0) is 32.0 Å². The van der Waals surface area contributed by atoms with Gasteiger partial charge >= 0.3 is 0 Å². The summed E-state index contributed by atoms with van der Waals surface area (Å²) in [7, 11) is -3.66. The third-order valence-corrected chi connectivity index (χ3v) is 3.92. The van der Waals surface area contributed by atoms with Gasteiger partial charge in [0.2, 0.25) is 6.20 Å². The Balaban J connectivity index is 2.12. The number of nitrogens with one attached hydrogen (secondary N) is 1. The summed E-state index contributed by atoms with van der Waals surface area (Å²) in [5.41, 5.74) is 4.82. The highest BCUT2D eigenvalue weighted by atomic mass is 32.2. The topological polar surface area (TPSA) is 62.4 Å². The summed E-state index contributed by atoms with van der Waals surface area (Å²) in [6.07, 6.45) is 4.75. The maximum absolute atomic E-state index is 12.0. The minimum Gasteiger partial charge on any atom is -0.199 e. The van der Waals surface area contributed by atoms with Crippen LogP contribution in [0.15, 0.2) is 58.1 Å². The van der Waals surface area contributed by atoms with Gasteiger partial charge < -0.3 is 0 Å². The molecule has 0 saturated carbocycles. The lowest BCUT2D eigenvalue weighted by molar-refractivity contribution is -0.639. The molecule has 0 saturated heterocycles. The van der Waals surface area contributed by atoms with Crippen LogP contribution >= 0.6 is 0 Å². The average Bonchev–Trinajstić information content (AvgIpc) is 2.39. The Hall–Kier alpha value is -2.21. The van der Waals surface area contributed by atoms with Crippen molar-refractivity contribution in [3.8, 4) is 0 Å². The molecule has 1 N–H and O–H groups in total. The van der Waals surface area contributed by atoms with Crippen molar-refractivity contribution in [3.63, 3.8) is 0 Å². The van der Waals surface area contributed by atoms with Crippen molar-refractivity contribution >= 4 is 16.4 Å². The Bertz CT molecular complexity index is 722. The van der Waals surface area contributed by atoms with Crippen LogP contribution < -0.4 is 10.1 Å². The van der Waals surface area contributed by atoms with Crippen molar-refractivity contribution in [2.24, 2.45) is 4.40 Å². The predicted octanol–water partition coefficient (Wildman–Crippen LogP) is 1.55. The summed E-state index contributed by atoms with van der Waals surface area (Å²) in [4.78, 5) is 0.176. The van der Waals surface area contributed by atoms with Gasteiger partial charge in [-0.2, -0.15) is 8.42 Å². The summed E-state index contributed by atoms with van der Waals surface area (Å²) in [5, 5.41) is 0. The van der Waals surface area contributed by atoms with Gasteiger partial charge in [0.15, 0.2) is 12.5 Å². The monoisotopic (exact) mass is 290 g/mol. The zero-order valence-corrected chi connectivity index (χ0v) is 12.1. The number of pyridine rings is 1.